The molecule has 0 spiro atoms. The fraction of sp³-hybridized carbons (Fsp3) is 0.222. The topological polar surface area (TPSA) is 64.6 Å². The zero-order valence-electron chi connectivity index (χ0n) is 13.1. The van der Waals surface area contributed by atoms with Crippen LogP contribution in [0.3, 0.4) is 0 Å². The quantitative estimate of drug-likeness (QED) is 0.832. The number of carbonyl (C=O) groups excluding carboxylic acids is 2. The second kappa shape index (κ2) is 7.98. The van der Waals surface area contributed by atoms with E-state index < -0.39 is 12.1 Å². The number of nitrogens with one attached hydrogen (secondary N) is 1. The minimum atomic E-state index is -0.674. The second-order valence-corrected chi connectivity index (χ2v) is 5.02. The lowest BCUT2D eigenvalue weighted by Gasteiger charge is -2.13. The van der Waals surface area contributed by atoms with Crippen LogP contribution in [0.4, 0.5) is 4.79 Å². The van der Waals surface area contributed by atoms with Crippen LogP contribution < -0.4 is 10.1 Å². The molecule has 0 heterocycles. The average molecular weight is 313 g/mol. The maximum absolute atomic E-state index is 12.2. The third kappa shape index (κ3) is 4.85. The zero-order chi connectivity index (χ0) is 16.7. The fourth-order valence-corrected chi connectivity index (χ4v) is 2.01. The molecule has 2 aromatic carbocycles. The van der Waals surface area contributed by atoms with Crippen LogP contribution in [0.15, 0.2) is 54.6 Å². The number of alkyl carbamates (subject to hydrolysis) is 1. The normalized spacial score (nSPS) is 11.4. The molecule has 5 nitrogen and oxygen atoms in total. The van der Waals surface area contributed by atoms with Crippen LogP contribution >= 0.6 is 0 Å². The van der Waals surface area contributed by atoms with Crippen molar-refractivity contribution in [1.82, 2.24) is 5.32 Å². The summed E-state index contributed by atoms with van der Waals surface area (Å²) in [4.78, 5) is 24.0. The minimum Gasteiger partial charge on any atom is -0.497 e. The second-order valence-electron chi connectivity index (χ2n) is 5.02. The van der Waals surface area contributed by atoms with E-state index in [-0.39, 0.29) is 12.4 Å². The summed E-state index contributed by atoms with van der Waals surface area (Å²) < 4.78 is 10.1. The standard InChI is InChI=1S/C18H19NO4/c1-13(17(20)15-8-10-16(22-2)11-9-15)19-18(21)23-12-14-6-4-3-5-7-14/h3-11,13H,12H2,1-2H3,(H,19,21). The van der Waals surface area contributed by atoms with Gasteiger partial charge in [-0.25, -0.2) is 4.79 Å². The molecule has 120 valence electrons. The Hall–Kier alpha value is -2.82. The molecule has 1 unspecified atom stereocenters. The molecule has 0 aliphatic heterocycles. The van der Waals surface area contributed by atoms with Gasteiger partial charge in [0.25, 0.3) is 0 Å². The van der Waals surface area contributed by atoms with Gasteiger partial charge >= 0.3 is 6.09 Å². The van der Waals surface area contributed by atoms with Crippen LogP contribution in [0.2, 0.25) is 0 Å². The first-order valence-electron chi connectivity index (χ1n) is 7.25. The Kier molecular flexibility index (Phi) is 5.74. The molecule has 1 N–H and O–H groups in total. The van der Waals surface area contributed by atoms with E-state index in [9.17, 15) is 9.59 Å². The first kappa shape index (κ1) is 16.5. The number of hydrogen-bond acceptors (Lipinski definition) is 4. The van der Waals surface area contributed by atoms with Gasteiger partial charge in [-0.2, -0.15) is 0 Å². The Balaban J connectivity index is 1.85. The number of carbonyl (C=O) groups is 2. The monoisotopic (exact) mass is 313 g/mol. The summed E-state index contributed by atoms with van der Waals surface area (Å²) in [7, 11) is 1.56. The zero-order valence-corrected chi connectivity index (χ0v) is 13.1. The molecule has 0 aliphatic rings. The van der Waals surface area contributed by atoms with Gasteiger partial charge in [0.2, 0.25) is 0 Å². The van der Waals surface area contributed by atoms with E-state index in [1.807, 2.05) is 30.3 Å². The summed E-state index contributed by atoms with van der Waals surface area (Å²) in [6.07, 6.45) is -0.622. The van der Waals surface area contributed by atoms with Crippen LogP contribution in [-0.4, -0.2) is 25.0 Å². The van der Waals surface area contributed by atoms with E-state index in [2.05, 4.69) is 5.32 Å². The van der Waals surface area contributed by atoms with Crippen molar-refractivity contribution < 1.29 is 19.1 Å². The largest absolute Gasteiger partial charge is 0.497 e. The molecule has 0 saturated carbocycles. The maximum atomic E-state index is 12.2. The van der Waals surface area contributed by atoms with Crippen LogP contribution in [0.25, 0.3) is 0 Å². The van der Waals surface area contributed by atoms with Crippen molar-refractivity contribution in [3.8, 4) is 5.75 Å². The first-order valence-corrected chi connectivity index (χ1v) is 7.25. The Morgan fingerprint density at radius 2 is 1.70 bits per heavy atom. The lowest BCUT2D eigenvalue weighted by molar-refractivity contribution is 0.0926. The highest BCUT2D eigenvalue weighted by Crippen LogP contribution is 2.13. The summed E-state index contributed by atoms with van der Waals surface area (Å²) in [6, 6.07) is 15.4. The van der Waals surface area contributed by atoms with Gasteiger partial charge in [0, 0.05) is 5.56 Å². The van der Waals surface area contributed by atoms with E-state index in [1.165, 1.54) is 0 Å². The Morgan fingerprint density at radius 3 is 2.30 bits per heavy atom. The molecule has 1 amide bonds. The Morgan fingerprint density at radius 1 is 1.04 bits per heavy atom. The van der Waals surface area contributed by atoms with Gasteiger partial charge < -0.3 is 14.8 Å². The number of hydrogen-bond donors (Lipinski definition) is 1. The van der Waals surface area contributed by atoms with Crippen molar-refractivity contribution in [2.75, 3.05) is 7.11 Å². The van der Waals surface area contributed by atoms with Crippen molar-refractivity contribution in [2.24, 2.45) is 0 Å². The lowest BCUT2D eigenvalue weighted by Crippen LogP contribution is -2.38. The summed E-state index contributed by atoms with van der Waals surface area (Å²) >= 11 is 0. The van der Waals surface area contributed by atoms with Crippen LogP contribution in [0.1, 0.15) is 22.8 Å². The van der Waals surface area contributed by atoms with Gasteiger partial charge in [-0.3, -0.25) is 4.79 Å². The molecular formula is C18H19NO4. The predicted octanol–water partition coefficient (Wildman–Crippen LogP) is 3.19. The first-order chi connectivity index (χ1) is 11.1. The molecule has 0 radical (unpaired) electrons. The van der Waals surface area contributed by atoms with Crippen molar-refractivity contribution in [2.45, 2.75) is 19.6 Å². The van der Waals surface area contributed by atoms with Gasteiger partial charge in [0.05, 0.1) is 13.2 Å². The number of rotatable bonds is 6. The Bertz CT molecular complexity index is 652. The highest BCUT2D eigenvalue weighted by Gasteiger charge is 2.18. The number of ketones is 1. The third-order valence-electron chi connectivity index (χ3n) is 3.31. The summed E-state index contributed by atoms with van der Waals surface area (Å²) in [6.45, 7) is 1.78. The van der Waals surface area contributed by atoms with E-state index in [0.717, 1.165) is 5.56 Å². The van der Waals surface area contributed by atoms with Gasteiger partial charge in [-0.15, -0.1) is 0 Å². The molecule has 0 bridgehead atoms. The van der Waals surface area contributed by atoms with E-state index in [4.69, 9.17) is 9.47 Å². The van der Waals surface area contributed by atoms with Crippen LogP contribution in [-0.2, 0) is 11.3 Å². The number of ether oxygens (including phenoxy) is 2. The van der Waals surface area contributed by atoms with Gasteiger partial charge in [-0.1, -0.05) is 30.3 Å². The smallest absolute Gasteiger partial charge is 0.408 e. The summed E-state index contributed by atoms with van der Waals surface area (Å²) in [5, 5.41) is 2.54. The SMILES string of the molecule is COc1ccc(C(=O)C(C)NC(=O)OCc2ccccc2)cc1. The predicted molar refractivity (Wildman–Crippen MR) is 86.5 cm³/mol. The summed E-state index contributed by atoms with van der Waals surface area (Å²) in [5.74, 6) is 0.480. The highest BCUT2D eigenvalue weighted by atomic mass is 16.5. The molecular weight excluding hydrogens is 294 g/mol. The number of benzene rings is 2. The highest BCUT2D eigenvalue weighted by molar-refractivity contribution is 6.01. The van der Waals surface area contributed by atoms with Crippen molar-refractivity contribution in [1.29, 1.82) is 0 Å². The van der Waals surface area contributed by atoms with Crippen LogP contribution in [0.5, 0.6) is 5.75 Å². The Labute approximate surface area is 135 Å². The molecule has 0 saturated heterocycles. The molecule has 0 aliphatic carbocycles. The molecule has 5 heteroatoms. The van der Waals surface area contributed by atoms with Gasteiger partial charge in [0.15, 0.2) is 5.78 Å². The van der Waals surface area contributed by atoms with Gasteiger partial charge in [0.1, 0.15) is 12.4 Å². The molecule has 2 rings (SSSR count). The minimum absolute atomic E-state index is 0.163. The third-order valence-corrected chi connectivity index (χ3v) is 3.31. The maximum Gasteiger partial charge on any atom is 0.408 e. The van der Waals surface area contributed by atoms with E-state index >= 15 is 0 Å². The van der Waals surface area contributed by atoms with Gasteiger partial charge in [-0.05, 0) is 36.8 Å². The molecule has 23 heavy (non-hydrogen) atoms. The van der Waals surface area contributed by atoms with Crippen molar-refractivity contribution >= 4 is 11.9 Å². The summed E-state index contributed by atoms with van der Waals surface area (Å²) in [5.41, 5.74) is 1.39. The fourth-order valence-electron chi connectivity index (χ4n) is 2.01. The van der Waals surface area contributed by atoms with E-state index in [1.54, 1.807) is 38.3 Å². The van der Waals surface area contributed by atoms with Crippen molar-refractivity contribution in [3.05, 3.63) is 65.7 Å². The number of amides is 1. The molecule has 2 aromatic rings. The molecule has 1 atom stereocenters. The van der Waals surface area contributed by atoms with E-state index in [0.29, 0.717) is 11.3 Å². The van der Waals surface area contributed by atoms with Crippen molar-refractivity contribution in [3.63, 3.8) is 0 Å². The number of methoxy groups -OCH3 is 1. The lowest BCUT2D eigenvalue weighted by atomic mass is 10.1. The molecule has 0 aromatic heterocycles. The molecule has 0 fully saturated rings. The number of Topliss-reactive ketones (excluding diaryl/α,β-unsaturated/α-hetero) is 1. The van der Waals surface area contributed by atoms with Crippen LogP contribution in [0, 0.1) is 0 Å². The average Bonchev–Trinajstić information content (AvgIpc) is 2.60.